The summed E-state index contributed by atoms with van der Waals surface area (Å²) in [6, 6.07) is 12.2. The lowest BCUT2D eigenvalue weighted by Crippen LogP contribution is -2.32. The lowest BCUT2D eigenvalue weighted by molar-refractivity contribution is -0.0498. The average Bonchev–Trinajstić information content (AvgIpc) is 3.05. The van der Waals surface area contributed by atoms with Gasteiger partial charge in [0.1, 0.15) is 5.75 Å². The Kier molecular flexibility index (Phi) is 7.97. The Balaban J connectivity index is 1.53. The Morgan fingerprint density at radius 3 is 2.16 bits per heavy atom. The molecule has 6 nitrogen and oxygen atoms in total. The normalized spacial score (nSPS) is 15.5. The molecule has 2 aromatic carbocycles. The second kappa shape index (κ2) is 10.7. The molecule has 0 aliphatic carbocycles. The zero-order chi connectivity index (χ0) is 22.3. The maximum atomic E-state index is 12.8. The van der Waals surface area contributed by atoms with Crippen LogP contribution in [-0.4, -0.2) is 44.9 Å². The van der Waals surface area contributed by atoms with E-state index in [1.165, 1.54) is 40.7 Å². The highest BCUT2D eigenvalue weighted by Gasteiger charge is 2.25. The molecule has 1 saturated heterocycles. The van der Waals surface area contributed by atoms with E-state index in [0.717, 1.165) is 31.2 Å². The molecule has 1 heterocycles. The molecule has 31 heavy (non-hydrogen) atoms. The third-order valence-corrected chi connectivity index (χ3v) is 7.08. The summed E-state index contributed by atoms with van der Waals surface area (Å²) >= 11 is 0. The van der Waals surface area contributed by atoms with Crippen molar-refractivity contribution in [1.82, 2.24) is 9.62 Å². The molecule has 168 valence electrons. The van der Waals surface area contributed by atoms with E-state index in [4.69, 9.17) is 0 Å². The molecular formula is C22H26F2N2O4S. The molecule has 2 aromatic rings. The van der Waals surface area contributed by atoms with Gasteiger partial charge in [-0.15, -0.1) is 0 Å². The minimum atomic E-state index is -3.55. The molecule has 1 aliphatic rings. The third kappa shape index (κ3) is 6.48. The first-order valence-electron chi connectivity index (χ1n) is 10.3. The molecule has 0 saturated carbocycles. The molecule has 1 fully saturated rings. The number of nitrogens with one attached hydrogen (secondary N) is 1. The van der Waals surface area contributed by atoms with Crippen LogP contribution in [-0.2, 0) is 16.4 Å². The molecule has 0 aromatic heterocycles. The smallest absolute Gasteiger partial charge is 0.387 e. The minimum absolute atomic E-state index is 0.0815. The summed E-state index contributed by atoms with van der Waals surface area (Å²) in [4.78, 5) is 12.5. The van der Waals surface area contributed by atoms with Crippen molar-refractivity contribution in [3.63, 3.8) is 0 Å². The van der Waals surface area contributed by atoms with Gasteiger partial charge in [0.25, 0.3) is 5.91 Å². The number of ether oxygens (including phenoxy) is 1. The van der Waals surface area contributed by atoms with Crippen LogP contribution in [0, 0.1) is 0 Å². The number of sulfonamides is 1. The summed E-state index contributed by atoms with van der Waals surface area (Å²) in [6.45, 7) is -1.46. The second-order valence-electron chi connectivity index (χ2n) is 7.37. The SMILES string of the molecule is O=C(NCCc1ccc(OC(F)F)cc1)c1ccc(S(=O)(=O)N2CCCCCC2)cc1. The van der Waals surface area contributed by atoms with Gasteiger partial charge < -0.3 is 10.1 Å². The molecule has 9 heteroatoms. The van der Waals surface area contributed by atoms with Crippen LogP contribution in [0.25, 0.3) is 0 Å². The number of halogens is 2. The molecule has 1 aliphatic heterocycles. The lowest BCUT2D eigenvalue weighted by atomic mass is 10.1. The highest BCUT2D eigenvalue weighted by atomic mass is 32.2. The summed E-state index contributed by atoms with van der Waals surface area (Å²) in [6.07, 6.45) is 4.32. The predicted octanol–water partition coefficient (Wildman–Crippen LogP) is 3.83. The molecule has 0 radical (unpaired) electrons. The fraction of sp³-hybridized carbons (Fsp3) is 0.409. The van der Waals surface area contributed by atoms with E-state index in [-0.39, 0.29) is 16.6 Å². The Labute approximate surface area is 181 Å². The van der Waals surface area contributed by atoms with Gasteiger partial charge in [0, 0.05) is 25.2 Å². The molecular weight excluding hydrogens is 426 g/mol. The first-order valence-corrected chi connectivity index (χ1v) is 11.7. The maximum Gasteiger partial charge on any atom is 0.387 e. The van der Waals surface area contributed by atoms with Crippen LogP contribution in [0.2, 0.25) is 0 Å². The number of hydrogen-bond donors (Lipinski definition) is 1. The first-order chi connectivity index (χ1) is 14.9. The molecule has 3 rings (SSSR count). The van der Waals surface area contributed by atoms with Crippen molar-refractivity contribution < 1.29 is 26.7 Å². The molecule has 1 N–H and O–H groups in total. The fourth-order valence-corrected chi connectivity index (χ4v) is 4.99. The van der Waals surface area contributed by atoms with Gasteiger partial charge in [-0.2, -0.15) is 13.1 Å². The zero-order valence-corrected chi connectivity index (χ0v) is 17.9. The van der Waals surface area contributed by atoms with Gasteiger partial charge in [0.05, 0.1) is 4.90 Å². The summed E-state index contributed by atoms with van der Waals surface area (Å²) in [5.74, 6) is -0.227. The van der Waals surface area contributed by atoms with E-state index in [1.54, 1.807) is 12.1 Å². The zero-order valence-electron chi connectivity index (χ0n) is 17.1. The highest BCUT2D eigenvalue weighted by molar-refractivity contribution is 7.89. The van der Waals surface area contributed by atoms with Crippen LogP contribution in [0.1, 0.15) is 41.6 Å². The number of nitrogens with zero attached hydrogens (tertiary/aromatic N) is 1. The Morgan fingerprint density at radius 1 is 0.968 bits per heavy atom. The Bertz CT molecular complexity index is 956. The van der Waals surface area contributed by atoms with E-state index in [9.17, 15) is 22.0 Å². The molecule has 0 atom stereocenters. The van der Waals surface area contributed by atoms with Crippen LogP contribution < -0.4 is 10.1 Å². The number of rotatable bonds is 8. The summed E-state index contributed by atoms with van der Waals surface area (Å²) < 4.78 is 55.8. The van der Waals surface area contributed by atoms with Gasteiger partial charge in [0.2, 0.25) is 10.0 Å². The highest BCUT2D eigenvalue weighted by Crippen LogP contribution is 2.21. The maximum absolute atomic E-state index is 12.8. The number of carbonyl (C=O) groups is 1. The summed E-state index contributed by atoms with van der Waals surface area (Å²) in [5.41, 5.74) is 1.23. The van der Waals surface area contributed by atoms with E-state index in [1.807, 2.05) is 0 Å². The van der Waals surface area contributed by atoms with Crippen LogP contribution in [0.3, 0.4) is 0 Å². The van der Waals surface area contributed by atoms with Crippen molar-refractivity contribution in [3.8, 4) is 5.75 Å². The van der Waals surface area contributed by atoms with Gasteiger partial charge in [-0.05, 0) is 61.2 Å². The summed E-state index contributed by atoms with van der Waals surface area (Å²) in [7, 11) is -3.55. The number of alkyl halides is 2. The largest absolute Gasteiger partial charge is 0.435 e. The van der Waals surface area contributed by atoms with Gasteiger partial charge in [0.15, 0.2) is 0 Å². The van der Waals surface area contributed by atoms with Crippen molar-refractivity contribution in [3.05, 3.63) is 59.7 Å². The standard InChI is InChI=1S/C22H26F2N2O4S/c23-22(24)30-19-9-5-17(6-10-19)13-14-25-21(27)18-7-11-20(12-8-18)31(28,29)26-15-3-1-2-4-16-26/h5-12,22H,1-4,13-16H2,(H,25,27). The first kappa shape index (κ1) is 23.1. The number of benzene rings is 2. The summed E-state index contributed by atoms with van der Waals surface area (Å²) in [5, 5.41) is 2.77. The van der Waals surface area contributed by atoms with Crippen molar-refractivity contribution in [2.75, 3.05) is 19.6 Å². The van der Waals surface area contributed by atoms with Gasteiger partial charge in [-0.3, -0.25) is 4.79 Å². The van der Waals surface area contributed by atoms with E-state index in [0.29, 0.717) is 31.6 Å². The van der Waals surface area contributed by atoms with Gasteiger partial charge in [-0.1, -0.05) is 25.0 Å². The second-order valence-corrected chi connectivity index (χ2v) is 9.31. The van der Waals surface area contributed by atoms with Crippen molar-refractivity contribution in [2.24, 2.45) is 0 Å². The quantitative estimate of drug-likeness (QED) is 0.661. The van der Waals surface area contributed by atoms with E-state index in [2.05, 4.69) is 10.1 Å². The van der Waals surface area contributed by atoms with E-state index >= 15 is 0 Å². The third-order valence-electron chi connectivity index (χ3n) is 5.17. The van der Waals surface area contributed by atoms with Crippen LogP contribution >= 0.6 is 0 Å². The average molecular weight is 453 g/mol. The number of amides is 1. The van der Waals surface area contributed by atoms with Crippen molar-refractivity contribution >= 4 is 15.9 Å². The van der Waals surface area contributed by atoms with Gasteiger partial charge in [-0.25, -0.2) is 8.42 Å². The monoisotopic (exact) mass is 452 g/mol. The van der Waals surface area contributed by atoms with Crippen molar-refractivity contribution in [1.29, 1.82) is 0 Å². The predicted molar refractivity (Wildman–Crippen MR) is 113 cm³/mol. The topological polar surface area (TPSA) is 75.7 Å². The lowest BCUT2D eigenvalue weighted by Gasteiger charge is -2.20. The number of carbonyl (C=O) groups excluding carboxylic acids is 1. The van der Waals surface area contributed by atoms with Crippen molar-refractivity contribution in [2.45, 2.75) is 43.6 Å². The Hall–Kier alpha value is -2.52. The molecule has 0 unspecified atom stereocenters. The van der Waals surface area contributed by atoms with Crippen LogP contribution in [0.5, 0.6) is 5.75 Å². The minimum Gasteiger partial charge on any atom is -0.435 e. The van der Waals surface area contributed by atoms with E-state index < -0.39 is 16.6 Å². The van der Waals surface area contributed by atoms with Gasteiger partial charge >= 0.3 is 6.61 Å². The Morgan fingerprint density at radius 2 is 1.58 bits per heavy atom. The fourth-order valence-electron chi connectivity index (χ4n) is 3.47. The molecule has 1 amide bonds. The number of hydrogen-bond acceptors (Lipinski definition) is 4. The molecule has 0 spiro atoms. The van der Waals surface area contributed by atoms with Crippen LogP contribution in [0.4, 0.5) is 8.78 Å². The molecule has 0 bridgehead atoms. The van der Waals surface area contributed by atoms with Crippen LogP contribution in [0.15, 0.2) is 53.4 Å².